The molecular formula is C16H24N2O3. The first-order chi connectivity index (χ1) is 10.2. The Balaban J connectivity index is 1.77. The van der Waals surface area contributed by atoms with Crippen molar-refractivity contribution in [3.63, 3.8) is 0 Å². The Hall–Kier alpha value is -1.75. The summed E-state index contributed by atoms with van der Waals surface area (Å²) in [7, 11) is 1.58. The van der Waals surface area contributed by atoms with E-state index in [4.69, 9.17) is 4.74 Å². The molecule has 2 rings (SSSR count). The number of ether oxygens (including phenoxy) is 1. The van der Waals surface area contributed by atoms with Crippen molar-refractivity contribution in [3.05, 3.63) is 29.8 Å². The molecular weight excluding hydrogens is 268 g/mol. The average Bonchev–Trinajstić information content (AvgIpc) is 2.53. The van der Waals surface area contributed by atoms with Gasteiger partial charge < -0.3 is 20.5 Å². The molecule has 0 aliphatic heterocycles. The van der Waals surface area contributed by atoms with Gasteiger partial charge in [-0.15, -0.1) is 0 Å². The highest BCUT2D eigenvalue weighted by molar-refractivity contribution is 5.74. The van der Waals surface area contributed by atoms with Gasteiger partial charge in [0.25, 0.3) is 0 Å². The maximum absolute atomic E-state index is 11.8. The number of benzene rings is 1. The summed E-state index contributed by atoms with van der Waals surface area (Å²) in [5, 5.41) is 15.8. The fraction of sp³-hybridized carbons (Fsp3) is 0.562. The number of amides is 2. The molecule has 1 aliphatic carbocycles. The van der Waals surface area contributed by atoms with Crippen molar-refractivity contribution in [2.24, 2.45) is 0 Å². The van der Waals surface area contributed by atoms with Crippen LogP contribution in [0.3, 0.4) is 0 Å². The van der Waals surface area contributed by atoms with Crippen LogP contribution < -0.4 is 15.4 Å². The fourth-order valence-corrected chi connectivity index (χ4v) is 2.64. The Labute approximate surface area is 125 Å². The second kappa shape index (κ2) is 7.88. The van der Waals surface area contributed by atoms with E-state index in [2.05, 4.69) is 10.6 Å². The summed E-state index contributed by atoms with van der Waals surface area (Å²) in [6.45, 7) is 0.186. The molecule has 1 saturated carbocycles. The summed E-state index contributed by atoms with van der Waals surface area (Å²) in [6, 6.07) is 7.29. The van der Waals surface area contributed by atoms with Crippen LogP contribution in [0.25, 0.3) is 0 Å². The Kier molecular flexibility index (Phi) is 5.87. The van der Waals surface area contributed by atoms with E-state index in [-0.39, 0.29) is 18.6 Å². The van der Waals surface area contributed by atoms with Gasteiger partial charge >= 0.3 is 6.03 Å². The number of hydrogen-bond acceptors (Lipinski definition) is 3. The standard InChI is InChI=1S/C16H24N2O3/c1-21-14-9-5-6-12(10-14)15(19)11-17-16(20)18-13-7-3-2-4-8-13/h5-6,9-10,13,15,19H,2-4,7-8,11H2,1H3,(H2,17,18,20). The van der Waals surface area contributed by atoms with Crippen LogP contribution in [0.4, 0.5) is 4.79 Å². The maximum atomic E-state index is 11.8. The molecule has 0 aromatic heterocycles. The maximum Gasteiger partial charge on any atom is 0.315 e. The lowest BCUT2D eigenvalue weighted by molar-refractivity contribution is 0.171. The fourth-order valence-electron chi connectivity index (χ4n) is 2.64. The van der Waals surface area contributed by atoms with Crippen molar-refractivity contribution in [2.45, 2.75) is 44.2 Å². The van der Waals surface area contributed by atoms with Crippen molar-refractivity contribution in [3.8, 4) is 5.75 Å². The Bertz CT molecular complexity index is 459. The average molecular weight is 292 g/mol. The molecule has 1 fully saturated rings. The van der Waals surface area contributed by atoms with E-state index < -0.39 is 6.10 Å². The molecule has 1 aliphatic rings. The van der Waals surface area contributed by atoms with E-state index in [9.17, 15) is 9.90 Å². The number of nitrogens with one attached hydrogen (secondary N) is 2. The van der Waals surface area contributed by atoms with Crippen LogP contribution in [0.5, 0.6) is 5.75 Å². The van der Waals surface area contributed by atoms with Crippen molar-refractivity contribution >= 4 is 6.03 Å². The Morgan fingerprint density at radius 3 is 2.86 bits per heavy atom. The lowest BCUT2D eigenvalue weighted by atomic mass is 9.96. The van der Waals surface area contributed by atoms with E-state index in [1.54, 1.807) is 13.2 Å². The molecule has 5 nitrogen and oxygen atoms in total. The van der Waals surface area contributed by atoms with Crippen LogP contribution in [0.15, 0.2) is 24.3 Å². The normalized spacial score (nSPS) is 17.0. The molecule has 1 aromatic rings. The molecule has 1 atom stereocenters. The minimum atomic E-state index is -0.739. The van der Waals surface area contributed by atoms with E-state index in [1.165, 1.54) is 19.3 Å². The summed E-state index contributed by atoms with van der Waals surface area (Å²) in [4.78, 5) is 11.8. The molecule has 0 bridgehead atoms. The molecule has 0 heterocycles. The topological polar surface area (TPSA) is 70.6 Å². The van der Waals surface area contributed by atoms with E-state index in [0.29, 0.717) is 5.75 Å². The molecule has 116 valence electrons. The summed E-state index contributed by atoms with van der Waals surface area (Å²) in [6.07, 6.45) is 4.97. The second-order valence-corrected chi connectivity index (χ2v) is 5.48. The number of aliphatic hydroxyl groups is 1. The Morgan fingerprint density at radius 1 is 1.38 bits per heavy atom. The first-order valence-electron chi connectivity index (χ1n) is 7.55. The second-order valence-electron chi connectivity index (χ2n) is 5.48. The van der Waals surface area contributed by atoms with E-state index in [1.807, 2.05) is 18.2 Å². The summed E-state index contributed by atoms with van der Waals surface area (Å²) < 4.78 is 5.12. The highest BCUT2D eigenvalue weighted by atomic mass is 16.5. The van der Waals surface area contributed by atoms with Crippen molar-refractivity contribution < 1.29 is 14.6 Å². The minimum absolute atomic E-state index is 0.186. The summed E-state index contributed by atoms with van der Waals surface area (Å²) in [5.41, 5.74) is 0.729. The van der Waals surface area contributed by atoms with Gasteiger partial charge in [-0.3, -0.25) is 0 Å². The number of methoxy groups -OCH3 is 1. The van der Waals surface area contributed by atoms with Gasteiger partial charge in [-0.2, -0.15) is 0 Å². The lowest BCUT2D eigenvalue weighted by Crippen LogP contribution is -2.44. The SMILES string of the molecule is COc1cccc(C(O)CNC(=O)NC2CCCCC2)c1. The van der Waals surface area contributed by atoms with Crippen molar-refractivity contribution in [2.75, 3.05) is 13.7 Å². The van der Waals surface area contributed by atoms with Crippen LogP contribution in [0.2, 0.25) is 0 Å². The number of carbonyl (C=O) groups is 1. The van der Waals surface area contributed by atoms with E-state index >= 15 is 0 Å². The van der Waals surface area contributed by atoms with Gasteiger partial charge in [0.1, 0.15) is 5.75 Å². The number of rotatable bonds is 5. The van der Waals surface area contributed by atoms with Crippen LogP contribution in [0.1, 0.15) is 43.8 Å². The summed E-state index contributed by atoms with van der Waals surface area (Å²) in [5.74, 6) is 0.693. The molecule has 0 radical (unpaired) electrons. The van der Waals surface area contributed by atoms with Gasteiger partial charge in [0.05, 0.1) is 13.2 Å². The zero-order valence-electron chi connectivity index (χ0n) is 12.5. The molecule has 1 unspecified atom stereocenters. The molecule has 2 amide bonds. The molecule has 0 spiro atoms. The minimum Gasteiger partial charge on any atom is -0.497 e. The Morgan fingerprint density at radius 2 is 2.14 bits per heavy atom. The van der Waals surface area contributed by atoms with Gasteiger partial charge in [0, 0.05) is 12.6 Å². The summed E-state index contributed by atoms with van der Waals surface area (Å²) >= 11 is 0. The predicted octanol–water partition coefficient (Wildman–Crippen LogP) is 2.36. The van der Waals surface area contributed by atoms with Gasteiger partial charge in [0.15, 0.2) is 0 Å². The monoisotopic (exact) mass is 292 g/mol. The smallest absolute Gasteiger partial charge is 0.315 e. The third kappa shape index (κ3) is 4.93. The van der Waals surface area contributed by atoms with Crippen LogP contribution in [-0.4, -0.2) is 30.8 Å². The van der Waals surface area contributed by atoms with Crippen molar-refractivity contribution in [1.82, 2.24) is 10.6 Å². The molecule has 21 heavy (non-hydrogen) atoms. The van der Waals surface area contributed by atoms with Crippen LogP contribution >= 0.6 is 0 Å². The number of aliphatic hydroxyl groups excluding tert-OH is 1. The van der Waals surface area contributed by atoms with Gasteiger partial charge in [-0.25, -0.2) is 4.79 Å². The van der Waals surface area contributed by atoms with Crippen molar-refractivity contribution in [1.29, 1.82) is 0 Å². The van der Waals surface area contributed by atoms with Gasteiger partial charge in [-0.1, -0.05) is 31.4 Å². The number of urea groups is 1. The van der Waals surface area contributed by atoms with Gasteiger partial charge in [0.2, 0.25) is 0 Å². The third-order valence-corrected chi connectivity index (χ3v) is 3.87. The number of carbonyl (C=O) groups excluding carboxylic acids is 1. The largest absolute Gasteiger partial charge is 0.497 e. The first-order valence-corrected chi connectivity index (χ1v) is 7.55. The van der Waals surface area contributed by atoms with Gasteiger partial charge in [-0.05, 0) is 30.5 Å². The zero-order chi connectivity index (χ0) is 15.1. The molecule has 1 aromatic carbocycles. The van der Waals surface area contributed by atoms with Crippen LogP contribution in [-0.2, 0) is 0 Å². The zero-order valence-corrected chi connectivity index (χ0v) is 12.5. The highest BCUT2D eigenvalue weighted by Gasteiger charge is 2.16. The number of hydrogen-bond donors (Lipinski definition) is 3. The quantitative estimate of drug-likeness (QED) is 0.780. The van der Waals surface area contributed by atoms with Crippen LogP contribution in [0, 0.1) is 0 Å². The molecule has 0 saturated heterocycles. The first kappa shape index (κ1) is 15.6. The molecule has 3 N–H and O–H groups in total. The third-order valence-electron chi connectivity index (χ3n) is 3.87. The lowest BCUT2D eigenvalue weighted by Gasteiger charge is -2.23. The van der Waals surface area contributed by atoms with E-state index in [0.717, 1.165) is 18.4 Å². The molecule has 5 heteroatoms. The predicted molar refractivity (Wildman–Crippen MR) is 81.4 cm³/mol. The highest BCUT2D eigenvalue weighted by Crippen LogP contribution is 2.19.